The summed E-state index contributed by atoms with van der Waals surface area (Å²) >= 11 is 0. The van der Waals surface area contributed by atoms with Crippen molar-refractivity contribution in [2.24, 2.45) is 0 Å². The van der Waals surface area contributed by atoms with Crippen LogP contribution < -0.4 is 31.8 Å². The summed E-state index contributed by atoms with van der Waals surface area (Å²) in [5.41, 5.74) is 0. The molecule has 1 radical (unpaired) electrons. The first-order valence-electron chi connectivity index (χ1n) is 16.9. The van der Waals surface area contributed by atoms with Crippen LogP contribution in [0.3, 0.4) is 0 Å². The molecule has 0 heterocycles. The maximum absolute atomic E-state index is 7.50. The van der Waals surface area contributed by atoms with Gasteiger partial charge in [-0.2, -0.15) is 0 Å². The molecule has 0 aliphatic heterocycles. The van der Waals surface area contributed by atoms with E-state index in [0.717, 1.165) is 0 Å². The third-order valence-electron chi connectivity index (χ3n) is 7.40. The first-order valence-corrected chi connectivity index (χ1v) is 19.6. The summed E-state index contributed by atoms with van der Waals surface area (Å²) in [6.07, 6.45) is 19.3. The van der Waals surface area contributed by atoms with E-state index in [4.69, 9.17) is 31.5 Å². The van der Waals surface area contributed by atoms with Gasteiger partial charge in [-0.1, -0.05) is 214 Å². The normalized spacial score (nSPS) is 9.47. The molecule has 1 aliphatic carbocycles. The van der Waals surface area contributed by atoms with Gasteiger partial charge in [-0.05, 0) is 47.7 Å². The Morgan fingerprint density at radius 2 is 0.421 bits per heavy atom. The van der Waals surface area contributed by atoms with Crippen LogP contribution in [0.15, 0.2) is 182 Å². The van der Waals surface area contributed by atoms with E-state index in [1.807, 2.05) is 0 Å². The quantitative estimate of drug-likeness (QED) is 0.0526. The van der Waals surface area contributed by atoms with Crippen molar-refractivity contribution in [1.29, 1.82) is 0 Å². The minimum atomic E-state index is -0.446. The molecule has 0 spiro atoms. The van der Waals surface area contributed by atoms with Crippen molar-refractivity contribution in [3.05, 3.63) is 221 Å². The average Bonchev–Trinajstić information content (AvgIpc) is 3.90. The Bertz CT molecular complexity index is 1610. The van der Waals surface area contributed by atoms with Gasteiger partial charge in [0.2, 0.25) is 0 Å². The van der Waals surface area contributed by atoms with E-state index in [2.05, 4.69) is 209 Å². The largest absolute Gasteiger partial charge is 2.00 e. The second-order valence-electron chi connectivity index (χ2n) is 10.7. The molecule has 1 aliphatic rings. The Balaban J connectivity index is -0.000000719. The van der Waals surface area contributed by atoms with Crippen LogP contribution in [0, 0.1) is 51.3 Å². The molecule has 0 saturated heterocycles. The van der Waals surface area contributed by atoms with Crippen LogP contribution in [0.25, 0.3) is 0 Å². The van der Waals surface area contributed by atoms with Gasteiger partial charge in [0.1, 0.15) is 0 Å². The maximum Gasteiger partial charge on any atom is 2.00 e. The summed E-state index contributed by atoms with van der Waals surface area (Å²) in [6, 6.07) is 64.7. The molecule has 1 saturated carbocycles. The summed E-state index contributed by atoms with van der Waals surface area (Å²) in [5, 5.41) is 8.39. The average molecular weight is 1040 g/mol. The van der Waals surface area contributed by atoms with E-state index in [-0.39, 0.29) is 40.5 Å². The van der Waals surface area contributed by atoms with Gasteiger partial charge in [0.15, 0.2) is 0 Å². The molecule has 1 fully saturated rings. The van der Waals surface area contributed by atoms with Gasteiger partial charge in [-0.3, -0.25) is 0 Å². The standard InChI is InChI=1S/2C18H15P.C5H10.C4.4CO.Rh.W/c2*1-4-10-16(11-5-1)19(17-12-6-2-7-13-17)18-14-8-3-9-15-18;1-2-4-5-3-1;1-3-4-2;4*1-2;;/h2*1-15H;1-5H2;;;;;;;/q;;;-2;;;;;;+2. The molecule has 285 valence electrons. The maximum atomic E-state index is 7.50. The molecule has 0 atom stereocenters. The van der Waals surface area contributed by atoms with E-state index in [1.54, 1.807) is 11.8 Å². The summed E-state index contributed by atoms with van der Waals surface area (Å²) in [4.78, 5) is 0. The molecular formula is C49H40O4P2RhW. The van der Waals surface area contributed by atoms with Gasteiger partial charge in [-0.25, -0.2) is 0 Å². The predicted octanol–water partition coefficient (Wildman–Crippen LogP) is 8.85. The molecule has 0 unspecified atom stereocenters. The summed E-state index contributed by atoms with van der Waals surface area (Å²) < 4.78 is 30.0. The van der Waals surface area contributed by atoms with Crippen molar-refractivity contribution in [2.75, 3.05) is 0 Å². The molecule has 0 bridgehead atoms. The van der Waals surface area contributed by atoms with Crippen LogP contribution in [-0.4, -0.2) is 0 Å². The topological polar surface area (TPSA) is 79.6 Å². The van der Waals surface area contributed by atoms with Gasteiger partial charge in [0.05, 0.1) is 0 Å². The van der Waals surface area contributed by atoms with Crippen LogP contribution >= 0.6 is 15.8 Å². The fourth-order valence-electron chi connectivity index (χ4n) is 5.24. The molecule has 8 heteroatoms. The number of rotatable bonds is 6. The Hall–Kier alpha value is -4.43. The van der Waals surface area contributed by atoms with Crippen molar-refractivity contribution in [3.63, 3.8) is 0 Å². The molecule has 0 aromatic heterocycles. The van der Waals surface area contributed by atoms with Crippen molar-refractivity contribution in [2.45, 2.75) is 32.1 Å². The molecule has 6 aromatic carbocycles. The van der Waals surface area contributed by atoms with Crippen molar-refractivity contribution in [1.82, 2.24) is 0 Å². The summed E-state index contributed by atoms with van der Waals surface area (Å²) in [5.74, 6) is 3.19. The zero-order valence-corrected chi connectivity index (χ0v) is 37.5. The number of hydrogen-bond acceptors (Lipinski definition) is 0. The Kier molecular flexibility index (Phi) is 41.1. The van der Waals surface area contributed by atoms with Crippen LogP contribution in [0.5, 0.6) is 0 Å². The van der Waals surface area contributed by atoms with Gasteiger partial charge in [0, 0.05) is 19.5 Å². The SMILES string of the molecule is C1CCCC1.[C-]#CC#[C-].[C-]#[O+].[C-]#[O+].[C-]#[O+].[C-]#[O+].[Rh].[W+2].c1ccc(P(c2ccccc2)c2ccccc2)cc1.c1ccc(P(c2ccccc2)c2ccccc2)cc1. The van der Waals surface area contributed by atoms with Crippen molar-refractivity contribution < 1.29 is 59.2 Å². The fourth-order valence-corrected chi connectivity index (χ4v) is 9.85. The van der Waals surface area contributed by atoms with Crippen molar-refractivity contribution in [3.8, 4) is 11.8 Å². The number of hydrogen-bond donors (Lipinski definition) is 0. The molecular weight excluding hydrogens is 1000 g/mol. The monoisotopic (exact) mass is 1040 g/mol. The molecule has 57 heavy (non-hydrogen) atoms. The van der Waals surface area contributed by atoms with Crippen LogP contribution in [0.4, 0.5) is 0 Å². The van der Waals surface area contributed by atoms with E-state index in [9.17, 15) is 0 Å². The minimum absolute atomic E-state index is 0. The molecule has 0 N–H and O–H groups in total. The Labute approximate surface area is 369 Å². The second-order valence-corrected chi connectivity index (χ2v) is 15.1. The smallest absolute Gasteiger partial charge is 0.0622 e. The predicted molar refractivity (Wildman–Crippen MR) is 223 cm³/mol. The number of benzene rings is 6. The first kappa shape index (κ1) is 56.9. The van der Waals surface area contributed by atoms with Gasteiger partial charge in [0.25, 0.3) is 0 Å². The summed E-state index contributed by atoms with van der Waals surface area (Å²) in [6.45, 7) is 18.0. The Morgan fingerprint density at radius 1 is 0.298 bits per heavy atom. The van der Waals surface area contributed by atoms with Gasteiger partial charge >= 0.3 is 66.3 Å². The first-order chi connectivity index (χ1) is 27.3. The molecule has 0 amide bonds. The van der Waals surface area contributed by atoms with E-state index >= 15 is 0 Å². The van der Waals surface area contributed by atoms with Crippen LogP contribution in [0.1, 0.15) is 32.1 Å². The van der Waals surface area contributed by atoms with Crippen LogP contribution in [-0.2, 0) is 59.2 Å². The molecule has 4 nitrogen and oxygen atoms in total. The van der Waals surface area contributed by atoms with E-state index in [0.29, 0.717) is 0 Å². The zero-order chi connectivity index (χ0) is 40.8. The van der Waals surface area contributed by atoms with Gasteiger partial charge < -0.3 is 24.7 Å². The zero-order valence-electron chi connectivity index (χ0n) is 31.1. The minimum Gasteiger partial charge on any atom is -0.0622 e. The third kappa shape index (κ3) is 23.4. The second kappa shape index (κ2) is 41.2. The third-order valence-corrected chi connectivity index (χ3v) is 12.3. The summed E-state index contributed by atoms with van der Waals surface area (Å²) in [7, 11) is -0.892. The van der Waals surface area contributed by atoms with Crippen LogP contribution in [0.2, 0.25) is 0 Å². The molecule has 7 rings (SSSR count). The van der Waals surface area contributed by atoms with E-state index in [1.165, 1.54) is 63.9 Å². The molecule has 6 aromatic rings. The van der Waals surface area contributed by atoms with Gasteiger partial charge in [-0.15, -0.1) is 0 Å². The Morgan fingerprint density at radius 3 is 0.526 bits per heavy atom. The fraction of sp³-hybridized carbons (Fsp3) is 0.102. The van der Waals surface area contributed by atoms with Crippen molar-refractivity contribution >= 4 is 47.7 Å². The van der Waals surface area contributed by atoms with E-state index < -0.39 is 15.8 Å².